The molecule has 0 saturated carbocycles. The Morgan fingerprint density at radius 3 is 1.53 bits per heavy atom. The lowest BCUT2D eigenvalue weighted by atomic mass is 10.5. The molecule has 0 N–H and O–H groups in total. The molecule has 88 valence electrons. The topological polar surface area (TPSA) is 59.9 Å². The van der Waals surface area contributed by atoms with E-state index in [9.17, 15) is 9.59 Å². The zero-order valence-corrected chi connectivity index (χ0v) is 9.71. The van der Waals surface area contributed by atoms with E-state index >= 15 is 0 Å². The summed E-state index contributed by atoms with van der Waals surface area (Å²) < 4.78 is 0. The van der Waals surface area contributed by atoms with Gasteiger partial charge in [-0.15, -0.1) is 12.4 Å². The van der Waals surface area contributed by atoms with Crippen molar-refractivity contribution in [1.82, 2.24) is 9.97 Å². The second-order valence-electron chi connectivity index (χ2n) is 2.76. The molecule has 0 radical (unpaired) electrons. The van der Waals surface area contributed by atoms with Crippen LogP contribution in [0, 0.1) is 0 Å². The lowest BCUT2D eigenvalue weighted by Gasteiger charge is -1.56. The maximum absolute atomic E-state index is 10.4. The number of halogens is 1. The van der Waals surface area contributed by atoms with Crippen LogP contribution in [0.3, 0.4) is 0 Å². The Bertz CT molecular complexity index is 455. The molecule has 0 aromatic carbocycles. The quantitative estimate of drug-likeness (QED) is 0.707. The largest absolute Gasteiger partial charge is 0.288 e. The third kappa shape index (κ3) is 7.81. The van der Waals surface area contributed by atoms with E-state index in [0.29, 0.717) is 0 Å². The molecule has 17 heavy (non-hydrogen) atoms. The molecule has 2 rings (SSSR count). The molecule has 2 aromatic rings. The summed E-state index contributed by atoms with van der Waals surface area (Å²) in [6.45, 7) is 0. The van der Waals surface area contributed by atoms with Crippen LogP contribution in [0.25, 0.3) is 0 Å². The highest BCUT2D eigenvalue weighted by Gasteiger charge is 1.71. The van der Waals surface area contributed by atoms with Gasteiger partial charge in [0.25, 0.3) is 0 Å². The molecular weight excluding hydrogens is 240 g/mol. The van der Waals surface area contributed by atoms with Gasteiger partial charge in [-0.3, -0.25) is 19.6 Å². The van der Waals surface area contributed by atoms with Gasteiger partial charge in [-0.1, -0.05) is 12.1 Å². The Balaban J connectivity index is 0.000000284. The number of aromatic nitrogens is 2. The first-order valence-electron chi connectivity index (χ1n) is 4.60. The monoisotopic (exact) mass is 250 g/mol. The summed E-state index contributed by atoms with van der Waals surface area (Å²) in [5, 5.41) is 0. The van der Waals surface area contributed by atoms with Crippen molar-refractivity contribution in [3.63, 3.8) is 0 Å². The average Bonchev–Trinajstić information content (AvgIpc) is 2.64. The van der Waals surface area contributed by atoms with E-state index in [1.807, 2.05) is 0 Å². The minimum absolute atomic E-state index is 0. The van der Waals surface area contributed by atoms with Gasteiger partial charge in [0.2, 0.25) is 0 Å². The summed E-state index contributed by atoms with van der Waals surface area (Å²) >= 11 is 0. The van der Waals surface area contributed by atoms with Crippen molar-refractivity contribution in [3.05, 3.63) is 81.6 Å². The normalized spacial score (nSPS) is 8.00. The van der Waals surface area contributed by atoms with Gasteiger partial charge in [-0.05, 0) is 24.3 Å². The maximum Gasteiger partial charge on any atom is 0.196 e. The molecule has 0 unspecified atom stereocenters. The van der Waals surface area contributed by atoms with Crippen molar-refractivity contribution in [2.45, 2.75) is 0 Å². The van der Waals surface area contributed by atoms with E-state index in [0.717, 1.165) is 0 Å². The van der Waals surface area contributed by atoms with Crippen molar-refractivity contribution in [3.8, 4) is 0 Å². The Hall–Kier alpha value is -2.07. The van der Waals surface area contributed by atoms with Gasteiger partial charge in [0.05, 0.1) is 12.4 Å². The minimum Gasteiger partial charge on any atom is -0.288 e. The van der Waals surface area contributed by atoms with Gasteiger partial charge < -0.3 is 0 Å². The number of nitrogens with zero attached hydrogens (tertiary/aromatic N) is 2. The van der Waals surface area contributed by atoms with Crippen LogP contribution >= 0.6 is 12.4 Å². The molecule has 0 amide bonds. The van der Waals surface area contributed by atoms with Crippen LogP contribution < -0.4 is 10.9 Å². The van der Waals surface area contributed by atoms with Crippen molar-refractivity contribution in [2.75, 3.05) is 0 Å². The molecule has 0 spiro atoms. The predicted molar refractivity (Wildman–Crippen MR) is 68.3 cm³/mol. The molecule has 2 aromatic heterocycles. The van der Waals surface area contributed by atoms with Crippen LogP contribution in [0.4, 0.5) is 0 Å². The van der Waals surface area contributed by atoms with E-state index in [4.69, 9.17) is 0 Å². The van der Waals surface area contributed by atoms with Crippen molar-refractivity contribution in [2.24, 2.45) is 0 Å². The molecule has 0 aliphatic carbocycles. The average molecular weight is 251 g/mol. The predicted octanol–water partition coefficient (Wildman–Crippen LogP) is 1.31. The summed E-state index contributed by atoms with van der Waals surface area (Å²) in [4.78, 5) is 28.1. The Morgan fingerprint density at radius 2 is 1.12 bits per heavy atom. The molecule has 0 fully saturated rings. The first-order valence-corrected chi connectivity index (χ1v) is 4.60. The van der Waals surface area contributed by atoms with Gasteiger partial charge in [0.15, 0.2) is 10.9 Å². The second-order valence-corrected chi connectivity index (χ2v) is 2.76. The third-order valence-electron chi connectivity index (χ3n) is 1.49. The first kappa shape index (κ1) is 14.9. The summed E-state index contributed by atoms with van der Waals surface area (Å²) in [5.41, 5.74) is -0.120. The lowest BCUT2D eigenvalue weighted by Crippen LogP contribution is -1.89. The van der Waals surface area contributed by atoms with Gasteiger partial charge in [-0.25, -0.2) is 0 Å². The lowest BCUT2D eigenvalue weighted by molar-refractivity contribution is 1.34. The van der Waals surface area contributed by atoms with Gasteiger partial charge >= 0.3 is 0 Å². The Morgan fingerprint density at radius 1 is 0.706 bits per heavy atom. The van der Waals surface area contributed by atoms with Crippen molar-refractivity contribution in [1.29, 1.82) is 0 Å². The van der Waals surface area contributed by atoms with E-state index in [-0.39, 0.29) is 23.3 Å². The molecule has 0 bridgehead atoms. The highest BCUT2D eigenvalue weighted by molar-refractivity contribution is 5.85. The molecular formula is C12H11ClN2O2. The Kier molecular flexibility index (Phi) is 8.06. The third-order valence-corrected chi connectivity index (χ3v) is 1.49. The van der Waals surface area contributed by atoms with Crippen LogP contribution in [-0.4, -0.2) is 9.97 Å². The van der Waals surface area contributed by atoms with Crippen LogP contribution in [0.15, 0.2) is 70.8 Å². The van der Waals surface area contributed by atoms with Gasteiger partial charge in [-0.2, -0.15) is 0 Å². The van der Waals surface area contributed by atoms with Crippen LogP contribution in [0.1, 0.15) is 0 Å². The SMILES string of the molecule is Cl.O=c1ccccnc1.O=c1ccccnc1. The minimum atomic E-state index is -0.0602. The van der Waals surface area contributed by atoms with E-state index in [1.54, 1.807) is 36.7 Å². The van der Waals surface area contributed by atoms with Crippen LogP contribution in [-0.2, 0) is 0 Å². The van der Waals surface area contributed by atoms with Crippen molar-refractivity contribution >= 4 is 12.4 Å². The molecule has 0 saturated heterocycles. The molecule has 2 heterocycles. The molecule has 0 aliphatic rings. The number of hydrogen-bond donors (Lipinski definition) is 0. The summed E-state index contributed by atoms with van der Waals surface area (Å²) in [6, 6.07) is 9.67. The first-order chi connectivity index (χ1) is 7.79. The zero-order valence-electron chi connectivity index (χ0n) is 8.89. The Labute approximate surface area is 104 Å². The second kappa shape index (κ2) is 9.18. The van der Waals surface area contributed by atoms with E-state index < -0.39 is 0 Å². The highest BCUT2D eigenvalue weighted by atomic mass is 35.5. The molecule has 0 atom stereocenters. The van der Waals surface area contributed by atoms with Crippen LogP contribution in [0.2, 0.25) is 0 Å². The van der Waals surface area contributed by atoms with E-state index in [2.05, 4.69) is 9.97 Å². The summed E-state index contributed by atoms with van der Waals surface area (Å²) in [5.74, 6) is 0. The fourth-order valence-corrected chi connectivity index (χ4v) is 0.819. The standard InChI is InChI=1S/2C6H5NO.ClH/c2*8-6-3-1-2-4-7-5-6;/h2*1-5H;1H. The fraction of sp³-hybridized carbons (Fsp3) is 0. The van der Waals surface area contributed by atoms with Crippen LogP contribution in [0.5, 0.6) is 0 Å². The summed E-state index contributed by atoms with van der Waals surface area (Å²) in [6.07, 6.45) is 5.70. The molecule has 0 aliphatic heterocycles. The zero-order chi connectivity index (χ0) is 11.6. The highest BCUT2D eigenvalue weighted by Crippen LogP contribution is 1.68. The molecule has 5 heteroatoms. The van der Waals surface area contributed by atoms with E-state index in [1.165, 1.54) is 24.5 Å². The van der Waals surface area contributed by atoms with Crippen molar-refractivity contribution < 1.29 is 0 Å². The summed E-state index contributed by atoms with van der Waals surface area (Å²) in [7, 11) is 0. The van der Waals surface area contributed by atoms with Gasteiger partial charge in [0.1, 0.15) is 0 Å². The maximum atomic E-state index is 10.4. The molecule has 4 nitrogen and oxygen atoms in total. The fourth-order valence-electron chi connectivity index (χ4n) is 0.819. The number of hydrogen-bond acceptors (Lipinski definition) is 4. The van der Waals surface area contributed by atoms with Gasteiger partial charge in [0, 0.05) is 12.4 Å². The number of rotatable bonds is 0. The smallest absolute Gasteiger partial charge is 0.196 e.